The first-order valence-electron chi connectivity index (χ1n) is 4.48. The number of phenolic OH excluding ortho intramolecular Hbond substituents is 1. The van der Waals surface area contributed by atoms with Gasteiger partial charge in [-0.05, 0) is 25.0 Å². The van der Waals surface area contributed by atoms with E-state index in [0.717, 1.165) is 4.47 Å². The Hall–Kier alpha value is -0.580. The highest BCUT2D eigenvalue weighted by Gasteiger charge is 2.44. The van der Waals surface area contributed by atoms with E-state index in [2.05, 4.69) is 15.9 Å². The highest BCUT2D eigenvalue weighted by atomic mass is 79.9. The van der Waals surface area contributed by atoms with Crippen molar-refractivity contribution in [1.29, 1.82) is 0 Å². The maximum Gasteiger partial charge on any atom is 0.121 e. The minimum Gasteiger partial charge on any atom is -0.508 e. The molecule has 0 aromatic heterocycles. The topological polar surface area (TPSA) is 66.5 Å². The Kier molecular flexibility index (Phi) is 2.29. The van der Waals surface area contributed by atoms with Crippen molar-refractivity contribution in [2.75, 3.05) is 0 Å². The van der Waals surface area contributed by atoms with Gasteiger partial charge in [0.25, 0.3) is 0 Å². The van der Waals surface area contributed by atoms with Crippen LogP contribution in [0, 0.1) is 0 Å². The largest absolute Gasteiger partial charge is 0.508 e. The second-order valence-corrected chi connectivity index (χ2v) is 4.71. The van der Waals surface area contributed by atoms with Crippen LogP contribution in [0.2, 0.25) is 0 Å². The first-order valence-corrected chi connectivity index (χ1v) is 5.27. The van der Waals surface area contributed by atoms with E-state index in [4.69, 9.17) is 5.73 Å². The molecule has 0 spiro atoms. The molecule has 3 nitrogen and oxygen atoms in total. The Morgan fingerprint density at radius 2 is 2.07 bits per heavy atom. The van der Waals surface area contributed by atoms with Crippen LogP contribution in [-0.2, 0) is 5.54 Å². The zero-order valence-electron chi connectivity index (χ0n) is 7.57. The van der Waals surface area contributed by atoms with Gasteiger partial charge in [-0.1, -0.05) is 22.0 Å². The Bertz CT molecular complexity index is 341. The van der Waals surface area contributed by atoms with E-state index >= 15 is 0 Å². The van der Waals surface area contributed by atoms with E-state index in [1.54, 1.807) is 12.1 Å². The molecule has 1 aliphatic rings. The number of hydrogen-bond donors (Lipinski definition) is 3. The lowest BCUT2D eigenvalue weighted by atomic mass is 9.70. The molecule has 0 saturated heterocycles. The molecule has 1 aromatic rings. The van der Waals surface area contributed by atoms with Crippen LogP contribution in [0.4, 0.5) is 0 Å². The molecular formula is C10H12BrNO2. The van der Waals surface area contributed by atoms with E-state index in [1.165, 1.54) is 0 Å². The number of aliphatic hydroxyl groups is 1. The Labute approximate surface area is 90.7 Å². The molecule has 1 aliphatic carbocycles. The summed E-state index contributed by atoms with van der Waals surface area (Å²) in [5.41, 5.74) is 6.19. The number of rotatable bonds is 1. The van der Waals surface area contributed by atoms with Gasteiger partial charge in [-0.3, -0.25) is 0 Å². The number of nitrogens with two attached hydrogens (primary N) is 1. The van der Waals surface area contributed by atoms with Gasteiger partial charge < -0.3 is 15.9 Å². The normalized spacial score (nSPS) is 31.2. The molecule has 0 atom stereocenters. The van der Waals surface area contributed by atoms with Crippen LogP contribution in [0.1, 0.15) is 18.4 Å². The van der Waals surface area contributed by atoms with Crippen molar-refractivity contribution in [3.8, 4) is 5.75 Å². The Morgan fingerprint density at radius 3 is 2.57 bits per heavy atom. The summed E-state index contributed by atoms with van der Waals surface area (Å²) in [6.45, 7) is 0. The van der Waals surface area contributed by atoms with Crippen LogP contribution in [-0.4, -0.2) is 16.3 Å². The predicted octanol–water partition coefficient (Wildman–Crippen LogP) is 1.46. The van der Waals surface area contributed by atoms with E-state index in [1.807, 2.05) is 6.07 Å². The Morgan fingerprint density at radius 1 is 1.43 bits per heavy atom. The second-order valence-electron chi connectivity index (χ2n) is 3.85. The van der Waals surface area contributed by atoms with Gasteiger partial charge in [0.05, 0.1) is 11.6 Å². The second kappa shape index (κ2) is 3.22. The molecule has 0 heterocycles. The summed E-state index contributed by atoms with van der Waals surface area (Å²) in [4.78, 5) is 0. The number of aliphatic hydroxyl groups excluding tert-OH is 1. The molecular weight excluding hydrogens is 246 g/mol. The number of aromatic hydroxyl groups is 1. The summed E-state index contributed by atoms with van der Waals surface area (Å²) in [7, 11) is 0. The quantitative estimate of drug-likeness (QED) is 0.714. The van der Waals surface area contributed by atoms with Crippen molar-refractivity contribution in [1.82, 2.24) is 0 Å². The summed E-state index contributed by atoms with van der Waals surface area (Å²) in [5.74, 6) is 0.189. The summed E-state index contributed by atoms with van der Waals surface area (Å²) < 4.78 is 0.798. The van der Waals surface area contributed by atoms with Gasteiger partial charge in [-0.2, -0.15) is 0 Å². The van der Waals surface area contributed by atoms with E-state index in [9.17, 15) is 10.2 Å². The monoisotopic (exact) mass is 257 g/mol. The molecule has 0 unspecified atom stereocenters. The van der Waals surface area contributed by atoms with Crippen LogP contribution in [0.5, 0.6) is 5.75 Å². The van der Waals surface area contributed by atoms with Crippen LogP contribution >= 0.6 is 15.9 Å². The van der Waals surface area contributed by atoms with Gasteiger partial charge in [0, 0.05) is 10.0 Å². The average molecular weight is 258 g/mol. The van der Waals surface area contributed by atoms with Crippen molar-refractivity contribution in [3.63, 3.8) is 0 Å². The van der Waals surface area contributed by atoms with E-state index in [0.29, 0.717) is 18.4 Å². The van der Waals surface area contributed by atoms with Gasteiger partial charge in [-0.25, -0.2) is 0 Å². The lowest BCUT2D eigenvalue weighted by molar-refractivity contribution is 0.0195. The molecule has 1 aromatic carbocycles. The zero-order valence-corrected chi connectivity index (χ0v) is 9.16. The molecule has 0 amide bonds. The molecule has 4 heteroatoms. The van der Waals surface area contributed by atoms with Crippen molar-refractivity contribution in [3.05, 3.63) is 28.2 Å². The fourth-order valence-corrected chi connectivity index (χ4v) is 2.74. The molecule has 1 saturated carbocycles. The van der Waals surface area contributed by atoms with Gasteiger partial charge in [0.1, 0.15) is 5.75 Å². The van der Waals surface area contributed by atoms with Gasteiger partial charge in [0.2, 0.25) is 0 Å². The molecule has 76 valence electrons. The van der Waals surface area contributed by atoms with Crippen molar-refractivity contribution in [2.45, 2.75) is 24.5 Å². The number of phenols is 1. The highest BCUT2D eigenvalue weighted by Crippen LogP contribution is 2.45. The van der Waals surface area contributed by atoms with Crippen molar-refractivity contribution < 1.29 is 10.2 Å². The lowest BCUT2D eigenvalue weighted by Crippen LogP contribution is -2.51. The lowest BCUT2D eigenvalue weighted by Gasteiger charge is -2.43. The third-order valence-corrected chi connectivity index (χ3v) is 3.35. The van der Waals surface area contributed by atoms with Crippen LogP contribution in [0.25, 0.3) is 0 Å². The van der Waals surface area contributed by atoms with Crippen molar-refractivity contribution >= 4 is 15.9 Å². The summed E-state index contributed by atoms with van der Waals surface area (Å²) >= 11 is 3.36. The molecule has 1 fully saturated rings. The molecule has 4 N–H and O–H groups in total. The average Bonchev–Trinajstić information content (AvgIpc) is 2.00. The number of hydrogen-bond acceptors (Lipinski definition) is 3. The third kappa shape index (κ3) is 1.43. The van der Waals surface area contributed by atoms with Crippen LogP contribution in [0.15, 0.2) is 22.7 Å². The van der Waals surface area contributed by atoms with Crippen molar-refractivity contribution in [2.24, 2.45) is 5.73 Å². The maximum atomic E-state index is 9.69. The first kappa shape index (κ1) is 9.96. The van der Waals surface area contributed by atoms with Gasteiger partial charge in [-0.15, -0.1) is 0 Å². The Balaban J connectivity index is 2.41. The molecule has 0 bridgehead atoms. The fourth-order valence-electron chi connectivity index (χ4n) is 1.99. The van der Waals surface area contributed by atoms with Gasteiger partial charge >= 0.3 is 0 Å². The SMILES string of the molecule is NC1(c2c(O)cccc2Br)CC(O)C1. The molecule has 14 heavy (non-hydrogen) atoms. The summed E-state index contributed by atoms with van der Waals surface area (Å²) in [6, 6.07) is 5.20. The minimum absolute atomic E-state index is 0.189. The number of benzene rings is 1. The predicted molar refractivity (Wildman–Crippen MR) is 56.9 cm³/mol. The minimum atomic E-state index is -0.580. The molecule has 2 rings (SSSR count). The standard InChI is InChI=1S/C10H12BrNO2/c11-7-2-1-3-8(14)9(7)10(12)4-6(13)5-10/h1-3,6,13-14H,4-5,12H2. The van der Waals surface area contributed by atoms with E-state index in [-0.39, 0.29) is 11.9 Å². The first-order chi connectivity index (χ1) is 6.53. The van der Waals surface area contributed by atoms with Crippen LogP contribution in [0.3, 0.4) is 0 Å². The third-order valence-electron chi connectivity index (χ3n) is 2.69. The zero-order chi connectivity index (χ0) is 10.3. The molecule has 0 radical (unpaired) electrons. The van der Waals surface area contributed by atoms with Crippen LogP contribution < -0.4 is 5.73 Å². The van der Waals surface area contributed by atoms with E-state index < -0.39 is 5.54 Å². The highest BCUT2D eigenvalue weighted by molar-refractivity contribution is 9.10. The van der Waals surface area contributed by atoms with Gasteiger partial charge in [0.15, 0.2) is 0 Å². The molecule has 0 aliphatic heterocycles. The maximum absolute atomic E-state index is 9.69. The fraction of sp³-hybridized carbons (Fsp3) is 0.400. The summed E-state index contributed by atoms with van der Waals surface area (Å²) in [6.07, 6.45) is 0.665. The smallest absolute Gasteiger partial charge is 0.121 e. The number of halogens is 1. The summed E-state index contributed by atoms with van der Waals surface area (Å²) in [5, 5.41) is 18.9.